The number of benzene rings is 11. The minimum Gasteiger partial charge on any atom is -0.455 e. The quantitative estimate of drug-likeness (QED) is 0.165. The maximum atomic E-state index is 11.6. The molecule has 0 N–H and O–H groups in total. The van der Waals surface area contributed by atoms with Crippen LogP contribution in [0.5, 0.6) is 0 Å². The third kappa shape index (κ3) is 5.18. The van der Waals surface area contributed by atoms with Crippen molar-refractivity contribution in [3.8, 4) is 28.8 Å². The fourth-order valence-electron chi connectivity index (χ4n) is 13.0. The van der Waals surface area contributed by atoms with E-state index in [2.05, 4.69) is 199 Å². The summed E-state index contributed by atoms with van der Waals surface area (Å²) >= 11 is 0. The van der Waals surface area contributed by atoms with E-state index in [1.807, 2.05) is 48.5 Å². The Hall–Kier alpha value is -10.8. The van der Waals surface area contributed by atoms with E-state index in [9.17, 15) is 5.26 Å². The molecule has 0 spiro atoms. The van der Waals surface area contributed by atoms with Gasteiger partial charge in [0.1, 0.15) is 28.4 Å². The van der Waals surface area contributed by atoms with Gasteiger partial charge in [-0.05, 0) is 97.1 Å². The highest BCUT2D eigenvalue weighted by atomic mass is 16.3. The molecule has 76 heavy (non-hydrogen) atoms. The van der Waals surface area contributed by atoms with Crippen molar-refractivity contribution in [3.05, 3.63) is 235 Å². The predicted molar refractivity (Wildman–Crippen MR) is 309 cm³/mol. The molecule has 6 aromatic heterocycles. The first-order chi connectivity index (χ1) is 37.7. The smallest absolute Gasteiger partial charge is 0.212 e. The van der Waals surface area contributed by atoms with E-state index in [-0.39, 0.29) is 0 Å². The summed E-state index contributed by atoms with van der Waals surface area (Å²) in [6, 6.07) is 78.3. The molecule has 0 radical (unpaired) electrons. The molecule has 0 aliphatic rings. The summed E-state index contributed by atoms with van der Waals surface area (Å²) in [5.74, 6) is 0. The van der Waals surface area contributed by atoms with Crippen molar-refractivity contribution < 1.29 is 8.83 Å². The van der Waals surface area contributed by atoms with Crippen LogP contribution in [0.1, 0.15) is 5.56 Å². The number of hydrogen-bond acceptors (Lipinski definition) is 3. The molecule has 6 heterocycles. The second-order valence-corrected chi connectivity index (χ2v) is 19.7. The van der Waals surface area contributed by atoms with E-state index in [0.29, 0.717) is 22.6 Å². The standard InChI is InChI=1S/C68H36N6O2/c1-70-48-37-59(73-55-28-14-26-53(71-49-22-8-2-16-40(49)41-17-3-9-23-50(41)71)63(55)65-57(73)34-32-46-44-20-6-12-30-61(44)75-67(46)65)39(38-69)36-60(48)74-56-29-15-27-54(72-51-24-10-4-18-42(51)43-19-5-11-25-52(43)72)64(56)66-58(74)35-33-47-45-21-7-13-31-62(45)76-68(47)66/h2-37H. The van der Waals surface area contributed by atoms with Crippen molar-refractivity contribution in [2.24, 2.45) is 0 Å². The van der Waals surface area contributed by atoms with Crippen LogP contribution in [0.4, 0.5) is 5.69 Å². The second kappa shape index (κ2) is 14.9. The van der Waals surface area contributed by atoms with Gasteiger partial charge in [0.05, 0.1) is 89.8 Å². The van der Waals surface area contributed by atoms with Gasteiger partial charge in [-0.15, -0.1) is 0 Å². The number of nitrogens with zero attached hydrogens (tertiary/aromatic N) is 6. The normalized spacial score (nSPS) is 12.2. The minimum atomic E-state index is 0.387. The van der Waals surface area contributed by atoms with E-state index in [4.69, 9.17) is 15.4 Å². The maximum Gasteiger partial charge on any atom is 0.212 e. The molecule has 8 nitrogen and oxygen atoms in total. The summed E-state index contributed by atoms with van der Waals surface area (Å²) in [5.41, 5.74) is 14.9. The lowest BCUT2D eigenvalue weighted by Crippen LogP contribution is -2.02. The zero-order chi connectivity index (χ0) is 49.9. The van der Waals surface area contributed by atoms with Crippen LogP contribution in [0.15, 0.2) is 227 Å². The molecule has 17 rings (SSSR count). The Balaban J connectivity index is 0.988. The van der Waals surface area contributed by atoms with Crippen LogP contribution < -0.4 is 0 Å². The molecule has 11 aromatic carbocycles. The number of rotatable bonds is 4. The maximum absolute atomic E-state index is 11.6. The Morgan fingerprint density at radius 1 is 0.329 bits per heavy atom. The number of fused-ring (bicyclic) bond motifs is 20. The molecule has 0 aliphatic carbocycles. The van der Waals surface area contributed by atoms with Gasteiger partial charge in [-0.2, -0.15) is 5.26 Å². The zero-order valence-corrected chi connectivity index (χ0v) is 40.3. The molecule has 17 aromatic rings. The van der Waals surface area contributed by atoms with Gasteiger partial charge in [0, 0.05) is 53.9 Å². The third-order valence-electron chi connectivity index (χ3n) is 16.0. The van der Waals surface area contributed by atoms with Crippen LogP contribution >= 0.6 is 0 Å². The number of nitriles is 1. The number of para-hydroxylation sites is 6. The molecule has 350 valence electrons. The van der Waals surface area contributed by atoms with Gasteiger partial charge in [0.25, 0.3) is 0 Å². The first kappa shape index (κ1) is 40.8. The highest BCUT2D eigenvalue weighted by Crippen LogP contribution is 2.49. The van der Waals surface area contributed by atoms with Crippen molar-refractivity contribution in [1.29, 1.82) is 5.26 Å². The van der Waals surface area contributed by atoms with Crippen molar-refractivity contribution in [2.75, 3.05) is 0 Å². The Morgan fingerprint density at radius 2 is 0.697 bits per heavy atom. The molecule has 0 saturated carbocycles. The SMILES string of the molecule is [C-]#[N+]c1cc(-n2c3cccc(-n4c5ccccc5c5ccccc54)c3c3c4oc5ccccc5c4ccc32)c(C#N)cc1-n1c2cccc(-n3c4ccccc4c4ccccc43)c2c2c3oc4ccccc4c3ccc21. The number of furan rings is 2. The average Bonchev–Trinajstić information content (AvgIpc) is 4.37. The second-order valence-electron chi connectivity index (χ2n) is 19.7. The van der Waals surface area contributed by atoms with Crippen molar-refractivity contribution >= 4 is 137 Å². The summed E-state index contributed by atoms with van der Waals surface area (Å²) in [6.45, 7) is 9.05. The predicted octanol–water partition coefficient (Wildman–Crippen LogP) is 18.3. The van der Waals surface area contributed by atoms with Crippen LogP contribution in [0.2, 0.25) is 0 Å². The number of hydrogen-bond donors (Lipinski definition) is 0. The van der Waals surface area contributed by atoms with Gasteiger partial charge in [0.15, 0.2) is 0 Å². The van der Waals surface area contributed by atoms with Crippen LogP contribution in [0.3, 0.4) is 0 Å². The molecule has 0 unspecified atom stereocenters. The van der Waals surface area contributed by atoms with E-state index >= 15 is 0 Å². The average molecular weight is 969 g/mol. The Bertz CT molecular complexity index is 5070. The number of aromatic nitrogens is 4. The van der Waals surface area contributed by atoms with Crippen LogP contribution in [-0.4, -0.2) is 18.3 Å². The molecule has 0 saturated heterocycles. The van der Waals surface area contributed by atoms with Crippen LogP contribution in [0.25, 0.3) is 159 Å². The Morgan fingerprint density at radius 3 is 1.13 bits per heavy atom. The lowest BCUT2D eigenvalue weighted by Gasteiger charge is -2.16. The van der Waals surface area contributed by atoms with Gasteiger partial charge < -0.3 is 27.1 Å². The molecule has 0 bridgehead atoms. The summed E-state index contributed by atoms with van der Waals surface area (Å²) in [4.78, 5) is 4.36. The van der Waals surface area contributed by atoms with E-state index in [1.165, 1.54) is 0 Å². The first-order valence-electron chi connectivity index (χ1n) is 25.3. The largest absolute Gasteiger partial charge is 0.455 e. The van der Waals surface area contributed by atoms with Crippen LogP contribution in [0, 0.1) is 17.9 Å². The first-order valence-corrected chi connectivity index (χ1v) is 25.3. The third-order valence-corrected chi connectivity index (χ3v) is 16.0. The minimum absolute atomic E-state index is 0.387. The van der Waals surface area contributed by atoms with Crippen molar-refractivity contribution in [2.45, 2.75) is 0 Å². The Kier molecular flexibility index (Phi) is 7.99. The summed E-state index contributed by atoms with van der Waals surface area (Å²) in [5, 5.41) is 24.1. The van der Waals surface area contributed by atoms with Gasteiger partial charge in [-0.1, -0.05) is 121 Å². The van der Waals surface area contributed by atoms with Gasteiger partial charge in [-0.25, -0.2) is 4.85 Å². The van der Waals surface area contributed by atoms with Gasteiger partial charge in [0.2, 0.25) is 5.69 Å². The van der Waals surface area contributed by atoms with E-state index < -0.39 is 0 Å². The lowest BCUT2D eigenvalue weighted by atomic mass is 10.1. The zero-order valence-electron chi connectivity index (χ0n) is 40.3. The summed E-state index contributed by atoms with van der Waals surface area (Å²) in [7, 11) is 0. The van der Waals surface area contributed by atoms with Crippen molar-refractivity contribution in [3.63, 3.8) is 0 Å². The molecule has 0 aliphatic heterocycles. The molecular formula is C68H36N6O2. The summed E-state index contributed by atoms with van der Waals surface area (Å²) in [6.07, 6.45) is 0. The molecular weight excluding hydrogens is 933 g/mol. The molecule has 8 heteroatoms. The fraction of sp³-hybridized carbons (Fsp3) is 0. The fourth-order valence-corrected chi connectivity index (χ4v) is 13.0. The van der Waals surface area contributed by atoms with E-state index in [1.54, 1.807) is 0 Å². The highest BCUT2D eigenvalue weighted by molar-refractivity contribution is 6.28. The molecule has 0 atom stereocenters. The van der Waals surface area contributed by atoms with Gasteiger partial charge >= 0.3 is 0 Å². The molecule has 0 fully saturated rings. The van der Waals surface area contributed by atoms with Crippen molar-refractivity contribution in [1.82, 2.24) is 18.3 Å². The van der Waals surface area contributed by atoms with E-state index in [0.717, 1.165) is 142 Å². The Labute approximate surface area is 431 Å². The lowest BCUT2D eigenvalue weighted by molar-refractivity contribution is 0.672. The molecule has 0 amide bonds. The topological polar surface area (TPSA) is 74.2 Å². The highest BCUT2D eigenvalue weighted by Gasteiger charge is 2.28. The van der Waals surface area contributed by atoms with Gasteiger partial charge in [-0.3, -0.25) is 0 Å². The monoisotopic (exact) mass is 968 g/mol. The summed E-state index contributed by atoms with van der Waals surface area (Å²) < 4.78 is 22.8. The van der Waals surface area contributed by atoms with Crippen LogP contribution in [-0.2, 0) is 0 Å².